The van der Waals surface area contributed by atoms with Crippen molar-refractivity contribution in [2.24, 2.45) is 0 Å². The van der Waals surface area contributed by atoms with E-state index < -0.39 is 10.0 Å². The second-order valence-electron chi connectivity index (χ2n) is 7.18. The zero-order valence-electron chi connectivity index (χ0n) is 17.4. The van der Waals surface area contributed by atoms with E-state index in [4.69, 9.17) is 4.52 Å². The third-order valence-corrected chi connectivity index (χ3v) is 6.00. The number of hydrogen-bond acceptors (Lipinski definition) is 6. The van der Waals surface area contributed by atoms with Crippen molar-refractivity contribution in [2.75, 3.05) is 10.0 Å². The van der Waals surface area contributed by atoms with Crippen LogP contribution >= 0.6 is 0 Å². The van der Waals surface area contributed by atoms with E-state index >= 15 is 0 Å². The number of amides is 1. The summed E-state index contributed by atoms with van der Waals surface area (Å²) in [6, 6.07) is 20.4. The first-order chi connectivity index (χ1) is 15.3. The lowest BCUT2D eigenvalue weighted by Gasteiger charge is -2.08. The van der Waals surface area contributed by atoms with Crippen LogP contribution in [-0.4, -0.2) is 24.5 Å². The predicted octanol–water partition coefficient (Wildman–Crippen LogP) is 4.47. The van der Waals surface area contributed by atoms with Gasteiger partial charge in [-0.3, -0.25) is 9.52 Å². The monoisotopic (exact) mass is 448 g/mol. The third kappa shape index (κ3) is 4.84. The van der Waals surface area contributed by atoms with Crippen molar-refractivity contribution >= 4 is 27.3 Å². The standard InChI is InChI=1S/C23H20N4O4S/c1-15-3-13-21(14-4-15)32(29,30)27-20-11-5-17(6-12-20)22-25-23(31-26-22)18-7-9-19(10-8-18)24-16(2)28/h3-14,27H,1-2H3,(H,24,28). The molecule has 0 aliphatic heterocycles. The Labute approximate surface area is 185 Å². The molecule has 4 rings (SSSR count). The molecule has 0 saturated carbocycles. The van der Waals surface area contributed by atoms with E-state index in [1.165, 1.54) is 6.92 Å². The largest absolute Gasteiger partial charge is 0.334 e. The molecule has 4 aromatic rings. The molecule has 32 heavy (non-hydrogen) atoms. The first kappa shape index (κ1) is 21.3. The Balaban J connectivity index is 1.48. The van der Waals surface area contributed by atoms with Crippen LogP contribution in [0.3, 0.4) is 0 Å². The number of nitrogens with one attached hydrogen (secondary N) is 2. The summed E-state index contributed by atoms with van der Waals surface area (Å²) in [7, 11) is -3.68. The van der Waals surface area contributed by atoms with Gasteiger partial charge in [-0.25, -0.2) is 8.42 Å². The predicted molar refractivity (Wildman–Crippen MR) is 121 cm³/mol. The molecule has 0 aliphatic rings. The number of nitrogens with zero attached hydrogens (tertiary/aromatic N) is 2. The summed E-state index contributed by atoms with van der Waals surface area (Å²) < 4.78 is 33.0. The van der Waals surface area contributed by atoms with Crippen molar-refractivity contribution < 1.29 is 17.7 Å². The average molecular weight is 449 g/mol. The summed E-state index contributed by atoms with van der Waals surface area (Å²) in [5, 5.41) is 6.69. The second-order valence-corrected chi connectivity index (χ2v) is 8.86. The molecule has 0 aliphatic carbocycles. The Morgan fingerprint density at radius 1 is 0.844 bits per heavy atom. The van der Waals surface area contributed by atoms with Crippen molar-refractivity contribution in [3.8, 4) is 22.8 Å². The molecule has 0 saturated heterocycles. The van der Waals surface area contributed by atoms with Crippen molar-refractivity contribution in [3.63, 3.8) is 0 Å². The Morgan fingerprint density at radius 2 is 1.44 bits per heavy atom. The molecule has 0 radical (unpaired) electrons. The minimum atomic E-state index is -3.68. The molecular weight excluding hydrogens is 428 g/mol. The fourth-order valence-electron chi connectivity index (χ4n) is 2.98. The summed E-state index contributed by atoms with van der Waals surface area (Å²) >= 11 is 0. The van der Waals surface area contributed by atoms with Gasteiger partial charge < -0.3 is 9.84 Å². The topological polar surface area (TPSA) is 114 Å². The number of benzene rings is 3. The van der Waals surface area contributed by atoms with Gasteiger partial charge in [0.2, 0.25) is 11.7 Å². The minimum Gasteiger partial charge on any atom is -0.334 e. The van der Waals surface area contributed by atoms with Crippen molar-refractivity contribution in [2.45, 2.75) is 18.7 Å². The summed E-state index contributed by atoms with van der Waals surface area (Å²) in [6.07, 6.45) is 0. The molecule has 9 heteroatoms. The number of sulfonamides is 1. The Hall–Kier alpha value is -3.98. The fourth-order valence-corrected chi connectivity index (χ4v) is 4.03. The molecule has 162 valence electrons. The van der Waals surface area contributed by atoms with E-state index in [1.807, 2.05) is 6.92 Å². The molecule has 0 atom stereocenters. The maximum absolute atomic E-state index is 12.5. The third-order valence-electron chi connectivity index (χ3n) is 4.60. The number of anilines is 2. The van der Waals surface area contributed by atoms with E-state index in [0.717, 1.165) is 5.56 Å². The van der Waals surface area contributed by atoms with Crippen molar-refractivity contribution in [1.29, 1.82) is 0 Å². The number of aryl methyl sites for hydroxylation is 1. The quantitative estimate of drug-likeness (QED) is 0.450. The van der Waals surface area contributed by atoms with E-state index in [-0.39, 0.29) is 10.8 Å². The molecule has 3 aromatic carbocycles. The van der Waals surface area contributed by atoms with E-state index in [2.05, 4.69) is 20.2 Å². The van der Waals surface area contributed by atoms with Crippen LogP contribution in [0.25, 0.3) is 22.8 Å². The van der Waals surface area contributed by atoms with Gasteiger partial charge in [-0.05, 0) is 67.6 Å². The van der Waals surface area contributed by atoms with Crippen LogP contribution in [-0.2, 0) is 14.8 Å². The first-order valence-electron chi connectivity index (χ1n) is 9.72. The second kappa shape index (κ2) is 8.64. The molecule has 2 N–H and O–H groups in total. The van der Waals surface area contributed by atoms with Crippen LogP contribution in [0.1, 0.15) is 12.5 Å². The lowest BCUT2D eigenvalue weighted by atomic mass is 10.2. The maximum atomic E-state index is 12.5. The van der Waals surface area contributed by atoms with Crippen LogP contribution in [0.5, 0.6) is 0 Å². The van der Waals surface area contributed by atoms with Gasteiger partial charge in [0, 0.05) is 29.4 Å². The van der Waals surface area contributed by atoms with Gasteiger partial charge >= 0.3 is 0 Å². The molecule has 1 aromatic heterocycles. The minimum absolute atomic E-state index is 0.151. The Bertz CT molecular complexity index is 1340. The smallest absolute Gasteiger partial charge is 0.261 e. The Kier molecular flexibility index (Phi) is 5.74. The SMILES string of the molecule is CC(=O)Nc1ccc(-c2nc(-c3ccc(NS(=O)(=O)c4ccc(C)cc4)cc3)no2)cc1. The summed E-state index contributed by atoms with van der Waals surface area (Å²) in [6.45, 7) is 3.34. The number of carbonyl (C=O) groups excluding carboxylic acids is 1. The highest BCUT2D eigenvalue weighted by Gasteiger charge is 2.15. The molecule has 0 unspecified atom stereocenters. The average Bonchev–Trinajstić information content (AvgIpc) is 3.25. The van der Waals surface area contributed by atoms with Crippen LogP contribution in [0.4, 0.5) is 11.4 Å². The van der Waals surface area contributed by atoms with Gasteiger partial charge in [0.15, 0.2) is 0 Å². The van der Waals surface area contributed by atoms with Gasteiger partial charge in [-0.1, -0.05) is 22.9 Å². The molecule has 0 fully saturated rings. The Morgan fingerprint density at radius 3 is 2.06 bits per heavy atom. The molecule has 1 amide bonds. The van der Waals surface area contributed by atoms with Crippen molar-refractivity contribution in [1.82, 2.24) is 10.1 Å². The van der Waals surface area contributed by atoms with Crippen LogP contribution in [0.2, 0.25) is 0 Å². The fraction of sp³-hybridized carbons (Fsp3) is 0.0870. The lowest BCUT2D eigenvalue weighted by Crippen LogP contribution is -2.12. The summed E-state index contributed by atoms with van der Waals surface area (Å²) in [5.74, 6) is 0.555. The molecule has 0 spiro atoms. The number of carbonyl (C=O) groups is 1. The molecule has 1 heterocycles. The highest BCUT2D eigenvalue weighted by atomic mass is 32.2. The summed E-state index contributed by atoms with van der Waals surface area (Å²) in [4.78, 5) is 15.7. The molecule has 0 bridgehead atoms. The normalized spacial score (nSPS) is 11.2. The lowest BCUT2D eigenvalue weighted by molar-refractivity contribution is -0.114. The number of aromatic nitrogens is 2. The molecular formula is C23H20N4O4S. The van der Waals surface area contributed by atoms with Crippen LogP contribution < -0.4 is 10.0 Å². The van der Waals surface area contributed by atoms with Crippen molar-refractivity contribution in [3.05, 3.63) is 78.4 Å². The van der Waals surface area contributed by atoms with Gasteiger partial charge in [-0.15, -0.1) is 0 Å². The maximum Gasteiger partial charge on any atom is 0.261 e. The zero-order valence-corrected chi connectivity index (χ0v) is 18.2. The van der Waals surface area contributed by atoms with Gasteiger partial charge in [0.25, 0.3) is 15.9 Å². The first-order valence-corrected chi connectivity index (χ1v) is 11.2. The van der Waals surface area contributed by atoms with E-state index in [0.29, 0.717) is 34.2 Å². The van der Waals surface area contributed by atoms with Crippen LogP contribution in [0, 0.1) is 6.92 Å². The van der Waals surface area contributed by atoms with E-state index in [9.17, 15) is 13.2 Å². The number of rotatable bonds is 6. The summed E-state index contributed by atoms with van der Waals surface area (Å²) in [5.41, 5.74) is 3.46. The highest BCUT2D eigenvalue weighted by molar-refractivity contribution is 7.92. The molecule has 8 nitrogen and oxygen atoms in total. The number of hydrogen-bond donors (Lipinski definition) is 2. The van der Waals surface area contributed by atoms with E-state index in [1.54, 1.807) is 72.8 Å². The van der Waals surface area contributed by atoms with Crippen LogP contribution in [0.15, 0.2) is 82.2 Å². The van der Waals surface area contributed by atoms with Gasteiger partial charge in [0.05, 0.1) is 4.90 Å². The highest BCUT2D eigenvalue weighted by Crippen LogP contribution is 2.25. The van der Waals surface area contributed by atoms with Gasteiger partial charge in [0.1, 0.15) is 0 Å². The van der Waals surface area contributed by atoms with Gasteiger partial charge in [-0.2, -0.15) is 4.98 Å². The zero-order chi connectivity index (χ0) is 22.7.